The molecule has 0 spiro atoms. The zero-order valence-electron chi connectivity index (χ0n) is 17.0. The number of likely N-dealkylation sites (N-methyl/N-ethyl adjacent to an activating group) is 1. The normalized spacial score (nSPS) is 21.7. The largest absolute Gasteiger partial charge is 0.457 e. The van der Waals surface area contributed by atoms with E-state index in [1.807, 2.05) is 0 Å². The van der Waals surface area contributed by atoms with E-state index in [9.17, 15) is 18.0 Å². The summed E-state index contributed by atoms with van der Waals surface area (Å²) >= 11 is 0. The van der Waals surface area contributed by atoms with Gasteiger partial charge in [0.2, 0.25) is 15.9 Å². The van der Waals surface area contributed by atoms with Crippen molar-refractivity contribution in [1.82, 2.24) is 14.1 Å². The number of piperidine rings is 1. The molecule has 1 aromatic rings. The van der Waals surface area contributed by atoms with E-state index in [1.54, 1.807) is 4.90 Å². The predicted octanol–water partition coefficient (Wildman–Crippen LogP) is 1.18. The number of carbonyl (C=O) groups excluding carboxylic acids is 2. The van der Waals surface area contributed by atoms with Crippen LogP contribution in [-0.2, 0) is 19.6 Å². The number of amides is 1. The molecule has 2 heterocycles. The molecular formula is C20H29N3O5S. The molecule has 9 heteroatoms. The molecule has 1 unspecified atom stereocenters. The molecule has 3 rings (SSSR count). The van der Waals surface area contributed by atoms with E-state index < -0.39 is 16.0 Å². The Hall–Kier alpha value is -1.97. The highest BCUT2D eigenvalue weighted by molar-refractivity contribution is 7.89. The summed E-state index contributed by atoms with van der Waals surface area (Å²) in [5, 5.41) is 0. The minimum atomic E-state index is -3.65. The van der Waals surface area contributed by atoms with E-state index in [1.165, 1.54) is 35.5 Å². The molecule has 1 aromatic carbocycles. The van der Waals surface area contributed by atoms with Crippen LogP contribution in [0.15, 0.2) is 29.2 Å². The summed E-state index contributed by atoms with van der Waals surface area (Å²) in [5.41, 5.74) is 0.346. The Kier molecular flexibility index (Phi) is 6.92. The van der Waals surface area contributed by atoms with Gasteiger partial charge in [-0.1, -0.05) is 6.92 Å². The van der Waals surface area contributed by atoms with Gasteiger partial charge >= 0.3 is 5.97 Å². The molecule has 1 amide bonds. The number of likely N-dealkylation sites (tertiary alicyclic amines) is 1. The van der Waals surface area contributed by atoms with E-state index in [0.717, 1.165) is 32.5 Å². The quantitative estimate of drug-likeness (QED) is 0.661. The van der Waals surface area contributed by atoms with Gasteiger partial charge in [-0.15, -0.1) is 0 Å². The summed E-state index contributed by atoms with van der Waals surface area (Å²) in [6, 6.07) is 5.90. The smallest absolute Gasteiger partial charge is 0.338 e. The highest BCUT2D eigenvalue weighted by Crippen LogP contribution is 2.20. The highest BCUT2D eigenvalue weighted by atomic mass is 32.2. The van der Waals surface area contributed by atoms with Gasteiger partial charge in [0.25, 0.3) is 0 Å². The number of benzene rings is 1. The number of hydrogen-bond acceptors (Lipinski definition) is 6. The molecule has 160 valence electrons. The van der Waals surface area contributed by atoms with E-state index in [-0.39, 0.29) is 30.0 Å². The Morgan fingerprint density at radius 3 is 2.31 bits per heavy atom. The molecule has 0 radical (unpaired) electrons. The van der Waals surface area contributed by atoms with Crippen LogP contribution in [0.1, 0.15) is 37.0 Å². The third-order valence-electron chi connectivity index (χ3n) is 5.59. The number of nitrogens with zero attached hydrogens (tertiary/aromatic N) is 3. The number of rotatable bonds is 5. The number of esters is 1. The van der Waals surface area contributed by atoms with E-state index in [4.69, 9.17) is 4.74 Å². The maximum absolute atomic E-state index is 12.8. The van der Waals surface area contributed by atoms with Crippen molar-refractivity contribution in [3.05, 3.63) is 29.8 Å². The van der Waals surface area contributed by atoms with Crippen LogP contribution in [-0.4, -0.2) is 86.3 Å². The third kappa shape index (κ3) is 5.15. The van der Waals surface area contributed by atoms with Gasteiger partial charge in [-0.25, -0.2) is 13.2 Å². The molecule has 0 bridgehead atoms. The van der Waals surface area contributed by atoms with Crippen LogP contribution in [0, 0.1) is 0 Å². The molecule has 1 atom stereocenters. The number of ether oxygens (including phenoxy) is 1. The van der Waals surface area contributed by atoms with E-state index >= 15 is 0 Å². The lowest BCUT2D eigenvalue weighted by molar-refractivity contribution is -0.129. The molecule has 2 aliphatic heterocycles. The average Bonchev–Trinajstić information content (AvgIpc) is 2.74. The first-order valence-electron chi connectivity index (χ1n) is 10.1. The SMILES string of the molecule is CCN1CCCC(OC(=O)c2ccc(S(=O)(=O)N3CCN(C(C)=O)CC3)cc2)C1. The van der Waals surface area contributed by atoms with Gasteiger partial charge in [0.15, 0.2) is 0 Å². The zero-order valence-corrected chi connectivity index (χ0v) is 17.9. The van der Waals surface area contributed by atoms with Crippen molar-refractivity contribution in [2.45, 2.75) is 37.7 Å². The molecule has 2 aliphatic rings. The predicted molar refractivity (Wildman–Crippen MR) is 108 cm³/mol. The van der Waals surface area contributed by atoms with E-state index in [2.05, 4.69) is 11.8 Å². The van der Waals surface area contributed by atoms with Crippen LogP contribution in [0.4, 0.5) is 0 Å². The molecule has 0 aliphatic carbocycles. The molecular weight excluding hydrogens is 394 g/mol. The highest BCUT2D eigenvalue weighted by Gasteiger charge is 2.29. The number of sulfonamides is 1. The zero-order chi connectivity index (χ0) is 21.0. The van der Waals surface area contributed by atoms with Crippen LogP contribution < -0.4 is 0 Å². The number of carbonyl (C=O) groups is 2. The van der Waals surface area contributed by atoms with Crippen LogP contribution in [0.5, 0.6) is 0 Å². The summed E-state index contributed by atoms with van der Waals surface area (Å²) in [7, 11) is -3.65. The number of piperazine rings is 1. The monoisotopic (exact) mass is 423 g/mol. The van der Waals surface area contributed by atoms with Crippen LogP contribution >= 0.6 is 0 Å². The minimum absolute atomic E-state index is 0.0510. The summed E-state index contributed by atoms with van der Waals surface area (Å²) in [6.45, 7) is 7.56. The average molecular weight is 424 g/mol. The standard InChI is InChI=1S/C20H29N3O5S/c1-3-21-10-4-5-18(15-21)28-20(25)17-6-8-19(9-7-17)29(26,27)23-13-11-22(12-14-23)16(2)24/h6-9,18H,3-5,10-15H2,1-2H3. The Bertz CT molecular complexity index is 832. The van der Waals surface area contributed by atoms with Crippen molar-refractivity contribution in [2.75, 3.05) is 45.8 Å². The second-order valence-corrected chi connectivity index (χ2v) is 9.44. The second-order valence-electron chi connectivity index (χ2n) is 7.50. The molecule has 0 aromatic heterocycles. The first-order valence-corrected chi connectivity index (χ1v) is 11.5. The van der Waals surface area contributed by atoms with Crippen molar-refractivity contribution in [3.8, 4) is 0 Å². The summed E-state index contributed by atoms with van der Waals surface area (Å²) in [6.07, 6.45) is 1.72. The van der Waals surface area contributed by atoms with Crippen LogP contribution in [0.2, 0.25) is 0 Å². The van der Waals surface area contributed by atoms with Gasteiger partial charge in [-0.2, -0.15) is 4.31 Å². The van der Waals surface area contributed by atoms with Crippen molar-refractivity contribution in [1.29, 1.82) is 0 Å². The lowest BCUT2D eigenvalue weighted by atomic mass is 10.1. The Labute approximate surface area is 172 Å². The molecule has 2 fully saturated rings. The molecule has 0 N–H and O–H groups in total. The topological polar surface area (TPSA) is 87.2 Å². The van der Waals surface area contributed by atoms with Gasteiger partial charge in [-0.3, -0.25) is 9.69 Å². The van der Waals surface area contributed by atoms with Gasteiger partial charge in [0.1, 0.15) is 6.10 Å². The molecule has 2 saturated heterocycles. The fraction of sp³-hybridized carbons (Fsp3) is 0.600. The van der Waals surface area contributed by atoms with Crippen molar-refractivity contribution in [2.24, 2.45) is 0 Å². The number of hydrogen-bond donors (Lipinski definition) is 0. The van der Waals surface area contributed by atoms with Crippen molar-refractivity contribution in [3.63, 3.8) is 0 Å². The third-order valence-corrected chi connectivity index (χ3v) is 7.51. The summed E-state index contributed by atoms with van der Waals surface area (Å²) < 4.78 is 32.6. The van der Waals surface area contributed by atoms with Gasteiger partial charge in [0, 0.05) is 39.6 Å². The molecule has 8 nitrogen and oxygen atoms in total. The fourth-order valence-corrected chi connectivity index (χ4v) is 5.19. The minimum Gasteiger partial charge on any atom is -0.457 e. The van der Waals surface area contributed by atoms with Gasteiger partial charge in [-0.05, 0) is 50.2 Å². The van der Waals surface area contributed by atoms with Crippen molar-refractivity contribution < 1.29 is 22.7 Å². The first-order chi connectivity index (χ1) is 13.8. The van der Waals surface area contributed by atoms with E-state index in [0.29, 0.717) is 18.7 Å². The second kappa shape index (κ2) is 9.23. The van der Waals surface area contributed by atoms with Crippen molar-refractivity contribution >= 4 is 21.9 Å². The molecule has 0 saturated carbocycles. The van der Waals surface area contributed by atoms with Gasteiger partial charge in [0.05, 0.1) is 10.5 Å². The maximum Gasteiger partial charge on any atom is 0.338 e. The van der Waals surface area contributed by atoms with Gasteiger partial charge < -0.3 is 9.64 Å². The molecule has 29 heavy (non-hydrogen) atoms. The Morgan fingerprint density at radius 2 is 1.72 bits per heavy atom. The van der Waals surface area contributed by atoms with Crippen LogP contribution in [0.25, 0.3) is 0 Å². The summed E-state index contributed by atoms with van der Waals surface area (Å²) in [4.78, 5) is 27.9. The summed E-state index contributed by atoms with van der Waals surface area (Å²) in [5.74, 6) is -0.475. The Balaban J connectivity index is 1.62. The van der Waals surface area contributed by atoms with Crippen LogP contribution in [0.3, 0.4) is 0 Å². The Morgan fingerprint density at radius 1 is 1.07 bits per heavy atom. The first kappa shape index (κ1) is 21.7. The maximum atomic E-state index is 12.8. The lowest BCUT2D eigenvalue weighted by Crippen LogP contribution is -2.49. The fourth-order valence-electron chi connectivity index (χ4n) is 3.77. The lowest BCUT2D eigenvalue weighted by Gasteiger charge is -2.33.